The predicted octanol–water partition coefficient (Wildman–Crippen LogP) is 2.25. The first-order valence-electron chi connectivity index (χ1n) is 4.46. The van der Waals surface area contributed by atoms with Gasteiger partial charge in [0.1, 0.15) is 5.75 Å². The molecule has 0 saturated heterocycles. The molecular formula is C10H14BrNO2. The van der Waals surface area contributed by atoms with E-state index < -0.39 is 0 Å². The lowest BCUT2D eigenvalue weighted by atomic mass is 10.3. The van der Waals surface area contributed by atoms with Crippen LogP contribution in [-0.4, -0.2) is 25.4 Å². The quantitative estimate of drug-likeness (QED) is 0.798. The van der Waals surface area contributed by atoms with Crippen molar-refractivity contribution in [1.82, 2.24) is 0 Å². The number of rotatable bonds is 5. The predicted molar refractivity (Wildman–Crippen MR) is 60.9 cm³/mol. The van der Waals surface area contributed by atoms with Gasteiger partial charge in [-0.1, -0.05) is 0 Å². The van der Waals surface area contributed by atoms with Gasteiger partial charge in [0, 0.05) is 24.9 Å². The molecule has 78 valence electrons. The molecule has 0 aromatic heterocycles. The Labute approximate surface area is 92.2 Å². The molecule has 4 heteroatoms. The van der Waals surface area contributed by atoms with Crippen LogP contribution >= 0.6 is 15.9 Å². The van der Waals surface area contributed by atoms with Crippen molar-refractivity contribution >= 4 is 21.6 Å². The second-order valence-electron chi connectivity index (χ2n) is 2.85. The third-order valence-corrected chi connectivity index (χ3v) is 2.47. The molecule has 0 spiro atoms. The summed E-state index contributed by atoms with van der Waals surface area (Å²) in [7, 11) is 1.64. The van der Waals surface area contributed by atoms with Crippen molar-refractivity contribution in [3.63, 3.8) is 0 Å². The van der Waals surface area contributed by atoms with Gasteiger partial charge in [-0.25, -0.2) is 0 Å². The Morgan fingerprint density at radius 1 is 1.50 bits per heavy atom. The molecule has 2 N–H and O–H groups in total. The number of aliphatic hydroxyl groups is 1. The Bertz CT molecular complexity index is 291. The normalized spacial score (nSPS) is 9.93. The van der Waals surface area contributed by atoms with Crippen LogP contribution in [0.15, 0.2) is 22.7 Å². The van der Waals surface area contributed by atoms with Crippen LogP contribution < -0.4 is 10.1 Å². The highest BCUT2D eigenvalue weighted by molar-refractivity contribution is 9.10. The van der Waals surface area contributed by atoms with Crippen LogP contribution in [0.25, 0.3) is 0 Å². The van der Waals surface area contributed by atoms with Crippen LogP contribution in [-0.2, 0) is 0 Å². The van der Waals surface area contributed by atoms with Crippen molar-refractivity contribution in [3.8, 4) is 5.75 Å². The van der Waals surface area contributed by atoms with Gasteiger partial charge in [0.25, 0.3) is 0 Å². The highest BCUT2D eigenvalue weighted by atomic mass is 79.9. The molecule has 1 rings (SSSR count). The van der Waals surface area contributed by atoms with Gasteiger partial charge in [-0.2, -0.15) is 0 Å². The van der Waals surface area contributed by atoms with Crippen LogP contribution in [0.1, 0.15) is 6.42 Å². The number of halogens is 1. The zero-order chi connectivity index (χ0) is 10.4. The van der Waals surface area contributed by atoms with Crippen LogP contribution in [0.4, 0.5) is 5.69 Å². The summed E-state index contributed by atoms with van der Waals surface area (Å²) < 4.78 is 6.09. The topological polar surface area (TPSA) is 41.5 Å². The third-order valence-electron chi connectivity index (χ3n) is 1.82. The lowest BCUT2D eigenvalue weighted by Gasteiger charge is -2.08. The lowest BCUT2D eigenvalue weighted by molar-refractivity contribution is 0.292. The Balaban J connectivity index is 2.60. The fraction of sp³-hybridized carbons (Fsp3) is 0.400. The Hall–Kier alpha value is -0.740. The Kier molecular flexibility index (Phi) is 4.76. The highest BCUT2D eigenvalue weighted by Gasteiger charge is 2.00. The first-order valence-corrected chi connectivity index (χ1v) is 5.25. The summed E-state index contributed by atoms with van der Waals surface area (Å²) in [6.07, 6.45) is 0.748. The third kappa shape index (κ3) is 3.20. The number of hydrogen-bond donors (Lipinski definition) is 2. The molecule has 0 bridgehead atoms. The van der Waals surface area contributed by atoms with Crippen molar-refractivity contribution in [3.05, 3.63) is 22.7 Å². The molecule has 0 aliphatic rings. The summed E-state index contributed by atoms with van der Waals surface area (Å²) in [4.78, 5) is 0. The van der Waals surface area contributed by atoms with Crippen LogP contribution in [0.2, 0.25) is 0 Å². The maximum atomic E-state index is 8.62. The van der Waals surface area contributed by atoms with E-state index in [1.807, 2.05) is 18.2 Å². The molecule has 1 aromatic carbocycles. The van der Waals surface area contributed by atoms with Crippen molar-refractivity contribution < 1.29 is 9.84 Å². The number of hydrogen-bond acceptors (Lipinski definition) is 3. The summed E-state index contributed by atoms with van der Waals surface area (Å²) in [6, 6.07) is 5.81. The molecule has 0 aliphatic heterocycles. The average Bonchev–Trinajstić information content (AvgIpc) is 2.21. The zero-order valence-electron chi connectivity index (χ0n) is 8.09. The molecule has 0 fully saturated rings. The maximum absolute atomic E-state index is 8.62. The average molecular weight is 260 g/mol. The molecule has 0 unspecified atom stereocenters. The van der Waals surface area contributed by atoms with Gasteiger partial charge in [0.2, 0.25) is 0 Å². The second-order valence-corrected chi connectivity index (χ2v) is 3.71. The van der Waals surface area contributed by atoms with Crippen LogP contribution in [0.5, 0.6) is 5.75 Å². The summed E-state index contributed by atoms with van der Waals surface area (Å²) in [5, 5.41) is 11.8. The van der Waals surface area contributed by atoms with Gasteiger partial charge in [-0.15, -0.1) is 0 Å². The fourth-order valence-corrected chi connectivity index (χ4v) is 1.49. The van der Waals surface area contributed by atoms with Crippen molar-refractivity contribution in [2.24, 2.45) is 0 Å². The lowest BCUT2D eigenvalue weighted by Crippen LogP contribution is -2.03. The molecule has 0 radical (unpaired) electrons. The number of aliphatic hydroxyl groups excluding tert-OH is 1. The summed E-state index contributed by atoms with van der Waals surface area (Å²) in [6.45, 7) is 0.974. The molecule has 1 aromatic rings. The highest BCUT2D eigenvalue weighted by Crippen LogP contribution is 2.27. The summed E-state index contributed by atoms with van der Waals surface area (Å²) >= 11 is 3.38. The van der Waals surface area contributed by atoms with E-state index in [1.165, 1.54) is 0 Å². The van der Waals surface area contributed by atoms with E-state index in [1.54, 1.807) is 7.11 Å². The minimum Gasteiger partial charge on any atom is -0.495 e. The van der Waals surface area contributed by atoms with Gasteiger partial charge in [-0.3, -0.25) is 0 Å². The number of methoxy groups -OCH3 is 1. The largest absolute Gasteiger partial charge is 0.495 e. The van der Waals surface area contributed by atoms with E-state index in [-0.39, 0.29) is 6.61 Å². The van der Waals surface area contributed by atoms with E-state index in [9.17, 15) is 0 Å². The van der Waals surface area contributed by atoms with Gasteiger partial charge in [-0.05, 0) is 34.5 Å². The van der Waals surface area contributed by atoms with E-state index in [2.05, 4.69) is 21.2 Å². The molecule has 0 aliphatic carbocycles. The van der Waals surface area contributed by atoms with Crippen molar-refractivity contribution in [2.75, 3.05) is 25.6 Å². The minimum absolute atomic E-state index is 0.209. The minimum atomic E-state index is 0.209. The van der Waals surface area contributed by atoms with E-state index in [0.717, 1.165) is 28.9 Å². The zero-order valence-corrected chi connectivity index (χ0v) is 9.67. The van der Waals surface area contributed by atoms with E-state index in [0.29, 0.717) is 0 Å². The number of ether oxygens (including phenoxy) is 1. The standard InChI is InChI=1S/C10H14BrNO2/c1-14-10-7-8(3-4-9(10)11)12-5-2-6-13/h3-4,7,12-13H,2,5-6H2,1H3. The van der Waals surface area contributed by atoms with E-state index >= 15 is 0 Å². The molecule has 3 nitrogen and oxygen atoms in total. The second kappa shape index (κ2) is 5.88. The molecule has 14 heavy (non-hydrogen) atoms. The van der Waals surface area contributed by atoms with Gasteiger partial charge < -0.3 is 15.2 Å². The molecule has 0 heterocycles. The van der Waals surface area contributed by atoms with Gasteiger partial charge in [0.15, 0.2) is 0 Å². The summed E-state index contributed by atoms with van der Waals surface area (Å²) in [5.41, 5.74) is 0.999. The molecule has 0 saturated carbocycles. The molecular weight excluding hydrogens is 246 g/mol. The monoisotopic (exact) mass is 259 g/mol. The van der Waals surface area contributed by atoms with Crippen LogP contribution in [0, 0.1) is 0 Å². The molecule has 0 amide bonds. The number of benzene rings is 1. The van der Waals surface area contributed by atoms with Gasteiger partial charge in [0.05, 0.1) is 11.6 Å². The fourth-order valence-electron chi connectivity index (χ4n) is 1.08. The molecule has 0 atom stereocenters. The smallest absolute Gasteiger partial charge is 0.135 e. The number of anilines is 1. The first-order chi connectivity index (χ1) is 6.77. The van der Waals surface area contributed by atoms with E-state index in [4.69, 9.17) is 9.84 Å². The van der Waals surface area contributed by atoms with Crippen molar-refractivity contribution in [2.45, 2.75) is 6.42 Å². The number of nitrogens with one attached hydrogen (secondary N) is 1. The first kappa shape index (κ1) is 11.3. The van der Waals surface area contributed by atoms with Gasteiger partial charge >= 0.3 is 0 Å². The maximum Gasteiger partial charge on any atom is 0.135 e. The Morgan fingerprint density at radius 3 is 2.93 bits per heavy atom. The Morgan fingerprint density at radius 2 is 2.29 bits per heavy atom. The van der Waals surface area contributed by atoms with Crippen LogP contribution in [0.3, 0.4) is 0 Å². The van der Waals surface area contributed by atoms with Crippen molar-refractivity contribution in [1.29, 1.82) is 0 Å². The SMILES string of the molecule is COc1cc(NCCCO)ccc1Br. The summed E-state index contributed by atoms with van der Waals surface area (Å²) in [5.74, 6) is 0.805.